The maximum absolute atomic E-state index is 14.3. The van der Waals surface area contributed by atoms with Crippen molar-refractivity contribution in [2.45, 2.75) is 26.8 Å². The molecule has 0 aliphatic carbocycles. The fraction of sp³-hybridized carbons (Fsp3) is 0.286. The number of H-pyrrole nitrogens is 1. The molecule has 0 spiro atoms. The van der Waals surface area contributed by atoms with Crippen molar-refractivity contribution < 1.29 is 9.18 Å². The molecule has 0 saturated heterocycles. The number of carbonyl (C=O) groups is 1. The van der Waals surface area contributed by atoms with Gasteiger partial charge in [0.1, 0.15) is 11.5 Å². The van der Waals surface area contributed by atoms with Gasteiger partial charge in [0.05, 0.1) is 6.04 Å². The van der Waals surface area contributed by atoms with Crippen molar-refractivity contribution in [3.8, 4) is 0 Å². The second kappa shape index (κ2) is 5.21. The summed E-state index contributed by atoms with van der Waals surface area (Å²) in [4.78, 5) is 20.4. The first-order valence-corrected chi connectivity index (χ1v) is 6.79. The predicted octanol–water partition coefficient (Wildman–Crippen LogP) is 1.70. The number of hydrogen-bond donors (Lipinski definition) is 2. The number of nitrogens with zero attached hydrogens (tertiary/aromatic N) is 4. The summed E-state index contributed by atoms with van der Waals surface area (Å²) in [5.74, 6) is -0.212. The topological polar surface area (TPSA) is 88.0 Å². The van der Waals surface area contributed by atoms with Gasteiger partial charge in [0.15, 0.2) is 11.5 Å². The molecule has 0 aliphatic heterocycles. The molecule has 0 bridgehead atoms. The average Bonchev–Trinajstić information content (AvgIpc) is 3.03. The first kappa shape index (κ1) is 14.2. The Morgan fingerprint density at radius 2 is 2.18 bits per heavy atom. The van der Waals surface area contributed by atoms with Gasteiger partial charge in [-0.25, -0.2) is 9.97 Å². The number of imidazole rings is 1. The molecule has 22 heavy (non-hydrogen) atoms. The quantitative estimate of drug-likeness (QED) is 0.771. The molecule has 0 aliphatic rings. The number of nitrogens with one attached hydrogen (secondary N) is 2. The van der Waals surface area contributed by atoms with Crippen molar-refractivity contribution in [3.05, 3.63) is 47.2 Å². The summed E-state index contributed by atoms with van der Waals surface area (Å²) in [6.45, 7) is 5.35. The van der Waals surface area contributed by atoms with Gasteiger partial charge in [0.2, 0.25) is 5.95 Å². The lowest BCUT2D eigenvalue weighted by Gasteiger charge is -2.08. The van der Waals surface area contributed by atoms with Crippen LogP contribution in [0.15, 0.2) is 18.3 Å². The van der Waals surface area contributed by atoms with E-state index < -0.39 is 17.9 Å². The van der Waals surface area contributed by atoms with Gasteiger partial charge in [-0.1, -0.05) is 0 Å². The smallest absolute Gasteiger partial charge is 0.275 e. The molecule has 2 N–H and O–H groups in total. The summed E-state index contributed by atoms with van der Waals surface area (Å²) < 4.78 is 15.5. The Labute approximate surface area is 125 Å². The maximum Gasteiger partial charge on any atom is 0.275 e. The van der Waals surface area contributed by atoms with E-state index in [1.165, 1.54) is 4.40 Å². The molecule has 3 heterocycles. The fourth-order valence-corrected chi connectivity index (χ4v) is 2.14. The Bertz CT molecular complexity index is 852. The molecule has 0 aromatic carbocycles. The Kier molecular flexibility index (Phi) is 3.36. The van der Waals surface area contributed by atoms with Crippen LogP contribution in [0.3, 0.4) is 0 Å². The Morgan fingerprint density at radius 1 is 1.41 bits per heavy atom. The summed E-state index contributed by atoms with van der Waals surface area (Å²) in [7, 11) is 0. The number of hydrogen-bond acceptors (Lipinski definition) is 4. The molecule has 0 saturated carbocycles. The number of aromatic nitrogens is 5. The summed E-state index contributed by atoms with van der Waals surface area (Å²) >= 11 is 0. The lowest BCUT2D eigenvalue weighted by atomic mass is 10.3. The van der Waals surface area contributed by atoms with Crippen LogP contribution in [0.1, 0.15) is 40.7 Å². The molecule has 7 nitrogen and oxygen atoms in total. The molecule has 1 atom stereocenters. The van der Waals surface area contributed by atoms with E-state index in [4.69, 9.17) is 0 Å². The second-order valence-electron chi connectivity index (χ2n) is 5.16. The van der Waals surface area contributed by atoms with E-state index in [0.29, 0.717) is 17.3 Å². The molecule has 8 heteroatoms. The first-order chi connectivity index (χ1) is 10.5. The Hall–Kier alpha value is -2.77. The molecule has 3 aromatic rings. The van der Waals surface area contributed by atoms with Gasteiger partial charge in [-0.05, 0) is 38.5 Å². The maximum atomic E-state index is 14.3. The van der Waals surface area contributed by atoms with Crippen LogP contribution in [-0.4, -0.2) is 30.5 Å². The van der Waals surface area contributed by atoms with Crippen LogP contribution in [0.4, 0.5) is 4.39 Å². The molecule has 3 rings (SSSR count). The minimum Gasteiger partial charge on any atom is -0.341 e. The van der Waals surface area contributed by atoms with Crippen LogP contribution in [0.2, 0.25) is 0 Å². The van der Waals surface area contributed by atoms with Gasteiger partial charge in [0, 0.05) is 6.20 Å². The van der Waals surface area contributed by atoms with Crippen molar-refractivity contribution >= 4 is 11.6 Å². The van der Waals surface area contributed by atoms with Gasteiger partial charge >= 0.3 is 0 Å². The van der Waals surface area contributed by atoms with E-state index in [1.54, 1.807) is 32.2 Å². The molecular formula is C14H15FN6O. The van der Waals surface area contributed by atoms with E-state index >= 15 is 0 Å². The number of carbonyl (C=O) groups excluding carboxylic acids is 1. The third-order valence-corrected chi connectivity index (χ3v) is 3.29. The zero-order valence-corrected chi connectivity index (χ0v) is 12.4. The van der Waals surface area contributed by atoms with Crippen LogP contribution in [0, 0.1) is 19.8 Å². The summed E-state index contributed by atoms with van der Waals surface area (Å²) in [5, 5.41) is 9.31. The molecule has 1 amide bonds. The van der Waals surface area contributed by atoms with Gasteiger partial charge in [-0.15, -0.1) is 0 Å². The zero-order valence-electron chi connectivity index (χ0n) is 12.4. The van der Waals surface area contributed by atoms with Crippen molar-refractivity contribution in [1.82, 2.24) is 29.9 Å². The molecule has 0 fully saturated rings. The SMILES string of the molecule is Cc1ccn2c(F)c(C(=O)NC(C)c3n[nH]c(C)n3)nc2c1. The normalized spacial score (nSPS) is 12.5. The highest BCUT2D eigenvalue weighted by molar-refractivity contribution is 5.93. The number of pyridine rings is 1. The summed E-state index contributed by atoms with van der Waals surface area (Å²) in [6.07, 6.45) is 1.55. The highest BCUT2D eigenvalue weighted by Crippen LogP contribution is 2.14. The molecule has 0 radical (unpaired) electrons. The lowest BCUT2D eigenvalue weighted by molar-refractivity contribution is 0.0929. The van der Waals surface area contributed by atoms with E-state index in [1.807, 2.05) is 6.92 Å². The van der Waals surface area contributed by atoms with E-state index in [0.717, 1.165) is 5.56 Å². The summed E-state index contributed by atoms with van der Waals surface area (Å²) in [6, 6.07) is 3.00. The predicted molar refractivity (Wildman–Crippen MR) is 76.9 cm³/mol. The van der Waals surface area contributed by atoms with Crippen LogP contribution in [0.5, 0.6) is 0 Å². The monoisotopic (exact) mass is 302 g/mol. The van der Waals surface area contributed by atoms with Gasteiger partial charge in [-0.3, -0.25) is 14.3 Å². The van der Waals surface area contributed by atoms with Crippen LogP contribution in [0.25, 0.3) is 5.65 Å². The minimum atomic E-state index is -0.689. The third kappa shape index (κ3) is 2.43. The van der Waals surface area contributed by atoms with Gasteiger partial charge < -0.3 is 5.32 Å². The Morgan fingerprint density at radius 3 is 2.86 bits per heavy atom. The second-order valence-corrected chi connectivity index (χ2v) is 5.16. The lowest BCUT2D eigenvalue weighted by Crippen LogP contribution is -2.28. The highest BCUT2D eigenvalue weighted by atomic mass is 19.1. The third-order valence-electron chi connectivity index (χ3n) is 3.29. The van der Waals surface area contributed by atoms with E-state index in [9.17, 15) is 9.18 Å². The van der Waals surface area contributed by atoms with Gasteiger partial charge in [0.25, 0.3) is 5.91 Å². The highest BCUT2D eigenvalue weighted by Gasteiger charge is 2.22. The van der Waals surface area contributed by atoms with Crippen molar-refractivity contribution in [2.75, 3.05) is 0 Å². The van der Waals surface area contributed by atoms with Crippen LogP contribution in [-0.2, 0) is 0 Å². The van der Waals surface area contributed by atoms with Crippen molar-refractivity contribution in [3.63, 3.8) is 0 Å². The molecule has 1 unspecified atom stereocenters. The standard InChI is InChI=1S/C14H15FN6O/c1-7-4-5-21-10(6-7)18-11(12(21)15)14(22)16-8(2)13-17-9(3)19-20-13/h4-6,8H,1-3H3,(H,16,22)(H,17,19,20). The number of aromatic amines is 1. The zero-order chi connectivity index (χ0) is 15.9. The molecular weight excluding hydrogens is 287 g/mol. The average molecular weight is 302 g/mol. The van der Waals surface area contributed by atoms with Crippen molar-refractivity contribution in [2.24, 2.45) is 0 Å². The van der Waals surface area contributed by atoms with E-state index in [2.05, 4.69) is 25.5 Å². The number of amides is 1. The van der Waals surface area contributed by atoms with Crippen LogP contribution < -0.4 is 5.32 Å². The van der Waals surface area contributed by atoms with Crippen molar-refractivity contribution in [1.29, 1.82) is 0 Å². The van der Waals surface area contributed by atoms with E-state index in [-0.39, 0.29) is 5.69 Å². The minimum absolute atomic E-state index is 0.246. The van der Waals surface area contributed by atoms with Gasteiger partial charge in [-0.2, -0.15) is 9.49 Å². The number of fused-ring (bicyclic) bond motifs is 1. The number of aryl methyl sites for hydroxylation is 2. The molecule has 3 aromatic heterocycles. The fourth-order valence-electron chi connectivity index (χ4n) is 2.14. The molecule has 114 valence electrons. The number of halogens is 1. The largest absolute Gasteiger partial charge is 0.341 e. The van der Waals surface area contributed by atoms with Crippen LogP contribution >= 0.6 is 0 Å². The Balaban J connectivity index is 1.87. The number of rotatable bonds is 3. The summed E-state index contributed by atoms with van der Waals surface area (Å²) in [5.41, 5.74) is 1.09. The first-order valence-electron chi connectivity index (χ1n) is 6.79.